The molecule has 94 valence electrons. The van der Waals surface area contributed by atoms with Crippen molar-refractivity contribution in [3.63, 3.8) is 0 Å². The third-order valence-corrected chi connectivity index (χ3v) is 2.63. The van der Waals surface area contributed by atoms with Crippen LogP contribution in [0.3, 0.4) is 0 Å². The van der Waals surface area contributed by atoms with Gasteiger partial charge in [-0.1, -0.05) is 11.6 Å². The van der Waals surface area contributed by atoms with E-state index >= 15 is 0 Å². The van der Waals surface area contributed by atoms with Crippen molar-refractivity contribution in [1.29, 1.82) is 0 Å². The van der Waals surface area contributed by atoms with Gasteiger partial charge in [0.15, 0.2) is 0 Å². The average Bonchev–Trinajstić information content (AvgIpc) is 2.30. The lowest BCUT2D eigenvalue weighted by molar-refractivity contribution is 0.100. The number of nitrogens with two attached hydrogens (primary N) is 1. The molecule has 1 aromatic rings. The summed E-state index contributed by atoms with van der Waals surface area (Å²) in [5, 5.41) is 12.3. The molecule has 4 N–H and O–H groups in total. The third-order valence-electron chi connectivity index (χ3n) is 2.40. The van der Waals surface area contributed by atoms with Crippen LogP contribution in [0, 0.1) is 0 Å². The molecule has 17 heavy (non-hydrogen) atoms. The highest BCUT2D eigenvalue weighted by Crippen LogP contribution is 2.20. The van der Waals surface area contributed by atoms with Gasteiger partial charge in [0, 0.05) is 23.9 Å². The van der Waals surface area contributed by atoms with Crippen LogP contribution in [0.4, 0.5) is 5.69 Å². The Morgan fingerprint density at radius 2 is 2.12 bits per heavy atom. The van der Waals surface area contributed by atoms with E-state index in [1.807, 2.05) is 0 Å². The summed E-state index contributed by atoms with van der Waals surface area (Å²) in [5.74, 6) is -0.495. The first-order valence-electron chi connectivity index (χ1n) is 5.59. The zero-order valence-electron chi connectivity index (χ0n) is 9.58. The second kappa shape index (κ2) is 7.14. The highest BCUT2D eigenvalue weighted by Gasteiger charge is 2.08. The molecule has 0 aliphatic rings. The van der Waals surface area contributed by atoms with Gasteiger partial charge in [-0.15, -0.1) is 0 Å². The Hall–Kier alpha value is -1.26. The number of hydrogen-bond acceptors (Lipinski definition) is 3. The number of amides is 1. The number of aliphatic hydroxyl groups is 1. The number of aliphatic hydroxyl groups excluding tert-OH is 1. The van der Waals surface area contributed by atoms with Gasteiger partial charge in [-0.3, -0.25) is 4.79 Å². The Labute approximate surface area is 106 Å². The second-order valence-electron chi connectivity index (χ2n) is 3.77. The molecule has 0 fully saturated rings. The Morgan fingerprint density at radius 3 is 2.76 bits per heavy atom. The van der Waals surface area contributed by atoms with Crippen molar-refractivity contribution in [1.82, 2.24) is 0 Å². The summed E-state index contributed by atoms with van der Waals surface area (Å²) in [6.45, 7) is 0.954. The third kappa shape index (κ3) is 4.63. The fourth-order valence-electron chi connectivity index (χ4n) is 1.51. The molecular formula is C12H17ClN2O2. The maximum absolute atomic E-state index is 11.2. The van der Waals surface area contributed by atoms with Crippen LogP contribution in [0.5, 0.6) is 0 Å². The van der Waals surface area contributed by atoms with Crippen LogP contribution in [0.1, 0.15) is 29.6 Å². The summed E-state index contributed by atoms with van der Waals surface area (Å²) < 4.78 is 0. The molecule has 0 spiro atoms. The second-order valence-corrected chi connectivity index (χ2v) is 4.20. The van der Waals surface area contributed by atoms with E-state index in [9.17, 15) is 4.79 Å². The Morgan fingerprint density at radius 1 is 1.35 bits per heavy atom. The minimum Gasteiger partial charge on any atom is -0.396 e. The number of halogens is 1. The van der Waals surface area contributed by atoms with Crippen molar-refractivity contribution in [3.8, 4) is 0 Å². The monoisotopic (exact) mass is 256 g/mol. The predicted molar refractivity (Wildman–Crippen MR) is 69.4 cm³/mol. The standard InChI is InChI=1S/C12H17ClN2O2/c13-9-4-5-11(10(8-9)12(14)17)15-6-2-1-3-7-16/h4-5,8,15-16H,1-3,6-7H2,(H2,14,17). The zero-order chi connectivity index (χ0) is 12.7. The molecule has 0 saturated heterocycles. The van der Waals surface area contributed by atoms with Crippen molar-refractivity contribution >= 4 is 23.2 Å². The number of carbonyl (C=O) groups excluding carboxylic acids is 1. The summed E-state index contributed by atoms with van der Waals surface area (Å²) in [6.07, 6.45) is 2.68. The maximum Gasteiger partial charge on any atom is 0.250 e. The number of unbranched alkanes of at least 4 members (excludes halogenated alkanes) is 2. The Balaban J connectivity index is 2.55. The van der Waals surface area contributed by atoms with E-state index < -0.39 is 5.91 Å². The molecule has 0 unspecified atom stereocenters. The normalized spacial score (nSPS) is 10.2. The van der Waals surface area contributed by atoms with Crippen molar-refractivity contribution in [3.05, 3.63) is 28.8 Å². The smallest absolute Gasteiger partial charge is 0.250 e. The van der Waals surface area contributed by atoms with Crippen molar-refractivity contribution < 1.29 is 9.90 Å². The van der Waals surface area contributed by atoms with E-state index in [1.165, 1.54) is 0 Å². The maximum atomic E-state index is 11.2. The molecular weight excluding hydrogens is 240 g/mol. The molecule has 0 aromatic heterocycles. The molecule has 0 atom stereocenters. The van der Waals surface area contributed by atoms with E-state index in [0.717, 1.165) is 25.8 Å². The molecule has 0 bridgehead atoms. The fraction of sp³-hybridized carbons (Fsp3) is 0.417. The van der Waals surface area contributed by atoms with Gasteiger partial charge < -0.3 is 16.2 Å². The molecule has 5 heteroatoms. The number of hydrogen-bond donors (Lipinski definition) is 3. The molecule has 0 saturated carbocycles. The number of nitrogens with one attached hydrogen (secondary N) is 1. The van der Waals surface area contributed by atoms with Crippen molar-refractivity contribution in [2.75, 3.05) is 18.5 Å². The lowest BCUT2D eigenvalue weighted by atomic mass is 10.1. The summed E-state index contributed by atoms with van der Waals surface area (Å²) in [5.41, 5.74) is 6.37. The number of rotatable bonds is 7. The quantitative estimate of drug-likeness (QED) is 0.654. The fourth-order valence-corrected chi connectivity index (χ4v) is 1.68. The van der Waals surface area contributed by atoms with Gasteiger partial charge in [0.2, 0.25) is 0 Å². The molecule has 0 aliphatic heterocycles. The van der Waals surface area contributed by atoms with Crippen molar-refractivity contribution in [2.24, 2.45) is 5.73 Å². The van der Waals surface area contributed by atoms with E-state index in [4.69, 9.17) is 22.4 Å². The summed E-state index contributed by atoms with van der Waals surface area (Å²) in [4.78, 5) is 11.2. The van der Waals surface area contributed by atoms with Crippen LogP contribution >= 0.6 is 11.6 Å². The summed E-state index contributed by atoms with van der Waals surface area (Å²) in [7, 11) is 0. The number of carbonyl (C=O) groups is 1. The minimum absolute atomic E-state index is 0.216. The lowest BCUT2D eigenvalue weighted by Crippen LogP contribution is -2.15. The minimum atomic E-state index is -0.495. The average molecular weight is 257 g/mol. The number of anilines is 1. The highest BCUT2D eigenvalue weighted by atomic mass is 35.5. The zero-order valence-corrected chi connectivity index (χ0v) is 10.3. The number of primary amides is 1. The topological polar surface area (TPSA) is 75.4 Å². The Bertz CT molecular complexity index is 383. The first-order chi connectivity index (χ1) is 8.15. The van der Waals surface area contributed by atoms with Crippen molar-refractivity contribution in [2.45, 2.75) is 19.3 Å². The van der Waals surface area contributed by atoms with E-state index in [-0.39, 0.29) is 6.61 Å². The van der Waals surface area contributed by atoms with E-state index in [2.05, 4.69) is 5.32 Å². The molecule has 0 heterocycles. The first kappa shape index (κ1) is 13.8. The van der Waals surface area contributed by atoms with Crippen LogP contribution in [0.2, 0.25) is 5.02 Å². The van der Waals surface area contributed by atoms with Gasteiger partial charge in [-0.05, 0) is 37.5 Å². The van der Waals surface area contributed by atoms with Crippen LogP contribution in [0.15, 0.2) is 18.2 Å². The Kier molecular flexibility index (Phi) is 5.80. The molecule has 0 aliphatic carbocycles. The SMILES string of the molecule is NC(=O)c1cc(Cl)ccc1NCCCCCO. The van der Waals surface area contributed by atoms with Gasteiger partial charge >= 0.3 is 0 Å². The molecule has 1 rings (SSSR count). The first-order valence-corrected chi connectivity index (χ1v) is 5.97. The van der Waals surface area contributed by atoms with Gasteiger partial charge in [0.1, 0.15) is 0 Å². The lowest BCUT2D eigenvalue weighted by Gasteiger charge is -2.10. The van der Waals surface area contributed by atoms with Crippen LogP contribution in [-0.4, -0.2) is 24.2 Å². The molecule has 0 radical (unpaired) electrons. The van der Waals surface area contributed by atoms with Crippen LogP contribution in [0.25, 0.3) is 0 Å². The van der Waals surface area contributed by atoms with Gasteiger partial charge in [0.05, 0.1) is 5.56 Å². The van der Waals surface area contributed by atoms with Crippen LogP contribution in [-0.2, 0) is 0 Å². The molecule has 1 aromatic carbocycles. The molecule has 4 nitrogen and oxygen atoms in total. The van der Waals surface area contributed by atoms with Gasteiger partial charge in [-0.2, -0.15) is 0 Å². The van der Waals surface area contributed by atoms with Gasteiger partial charge in [0.25, 0.3) is 5.91 Å². The van der Waals surface area contributed by atoms with E-state index in [0.29, 0.717) is 16.3 Å². The number of benzene rings is 1. The van der Waals surface area contributed by atoms with Crippen LogP contribution < -0.4 is 11.1 Å². The van der Waals surface area contributed by atoms with E-state index in [1.54, 1.807) is 18.2 Å². The predicted octanol–water partition coefficient (Wildman–Crippen LogP) is 2.01. The summed E-state index contributed by atoms with van der Waals surface area (Å²) >= 11 is 5.80. The molecule has 1 amide bonds. The van der Waals surface area contributed by atoms with Gasteiger partial charge in [-0.25, -0.2) is 0 Å². The largest absolute Gasteiger partial charge is 0.396 e. The summed E-state index contributed by atoms with van der Waals surface area (Å²) in [6, 6.07) is 5.01. The highest BCUT2D eigenvalue weighted by molar-refractivity contribution is 6.31.